The summed E-state index contributed by atoms with van der Waals surface area (Å²) in [6.07, 6.45) is 5.01. The molecule has 0 radical (unpaired) electrons. The van der Waals surface area contributed by atoms with Crippen LogP contribution in [0.1, 0.15) is 49.1 Å². The Hall–Kier alpha value is -2.44. The smallest absolute Gasteiger partial charge is 0.317 e. The predicted molar refractivity (Wildman–Crippen MR) is 95.6 cm³/mol. The summed E-state index contributed by atoms with van der Waals surface area (Å²) in [5, 5.41) is 15.3. The molecule has 0 spiro atoms. The molecule has 1 fully saturated rings. The van der Waals surface area contributed by atoms with Gasteiger partial charge in [-0.05, 0) is 48.7 Å². The van der Waals surface area contributed by atoms with Crippen LogP contribution in [0, 0.1) is 13.8 Å². The van der Waals surface area contributed by atoms with Gasteiger partial charge in [-0.3, -0.25) is 0 Å². The third-order valence-corrected chi connectivity index (χ3v) is 5.31. The van der Waals surface area contributed by atoms with Gasteiger partial charge in [0, 0.05) is 14.1 Å². The fraction of sp³-hybridized carbons (Fsp3) is 0.556. The first-order chi connectivity index (χ1) is 12.0. The minimum absolute atomic E-state index is 0.114. The van der Waals surface area contributed by atoms with E-state index in [4.69, 9.17) is 0 Å². The number of rotatable bonds is 3. The van der Waals surface area contributed by atoms with Gasteiger partial charge in [0.2, 0.25) is 0 Å². The maximum absolute atomic E-state index is 12.4. The molecule has 0 bridgehead atoms. The molecule has 0 aliphatic heterocycles. The second-order valence-electron chi connectivity index (χ2n) is 6.91. The molecule has 2 aromatic rings. The number of hydrogen-bond acceptors (Lipinski definition) is 4. The number of amides is 2. The predicted octanol–water partition coefficient (Wildman–Crippen LogP) is 2.71. The minimum Gasteiger partial charge on any atom is -0.341 e. The molecule has 1 aliphatic carbocycles. The Balaban J connectivity index is 2.12. The van der Waals surface area contributed by atoms with Gasteiger partial charge >= 0.3 is 6.03 Å². The van der Waals surface area contributed by atoms with Gasteiger partial charge in [-0.25, -0.2) is 4.79 Å². The van der Waals surface area contributed by atoms with Crippen molar-refractivity contribution in [1.82, 2.24) is 30.4 Å². The lowest BCUT2D eigenvalue weighted by Gasteiger charge is -2.43. The first kappa shape index (κ1) is 17.4. The van der Waals surface area contributed by atoms with Crippen LogP contribution >= 0.6 is 0 Å². The average Bonchev–Trinajstić information content (AvgIpc) is 3.11. The highest BCUT2D eigenvalue weighted by Gasteiger charge is 2.44. The monoisotopic (exact) mass is 342 g/mol. The number of aromatic nitrogens is 4. The Labute approximate surface area is 148 Å². The highest BCUT2D eigenvalue weighted by molar-refractivity contribution is 5.74. The number of carbonyl (C=O) groups excluding carboxylic acids is 1. The van der Waals surface area contributed by atoms with Crippen LogP contribution < -0.4 is 5.32 Å². The standard InChI is InChI=1S/C18H26N6O/c1-13-8-9-15(14(2)12-13)24-16(20-21-22-24)18(10-6-5-7-11-18)23(4)17(25)19-3/h8-9,12H,5-7,10-11H2,1-4H3,(H,19,25). The van der Waals surface area contributed by atoms with E-state index < -0.39 is 5.54 Å². The second-order valence-corrected chi connectivity index (χ2v) is 6.91. The van der Waals surface area contributed by atoms with Crippen LogP contribution in [-0.4, -0.2) is 45.2 Å². The Bertz CT molecular complexity index is 763. The SMILES string of the molecule is CNC(=O)N(C)C1(c2nnnn2-c2ccc(C)cc2C)CCCCC1. The van der Waals surface area contributed by atoms with Crippen LogP contribution in [-0.2, 0) is 5.54 Å². The van der Waals surface area contributed by atoms with Gasteiger partial charge in [0.05, 0.1) is 5.69 Å². The second kappa shape index (κ2) is 6.82. The lowest BCUT2D eigenvalue weighted by molar-refractivity contribution is 0.0873. The van der Waals surface area contributed by atoms with Gasteiger partial charge in [0.15, 0.2) is 5.82 Å². The number of tetrazole rings is 1. The van der Waals surface area contributed by atoms with Gasteiger partial charge in [-0.1, -0.05) is 37.0 Å². The van der Waals surface area contributed by atoms with Crippen LogP contribution in [0.4, 0.5) is 4.79 Å². The molecule has 1 aromatic heterocycles. The molecular formula is C18H26N6O. The molecule has 0 saturated heterocycles. The number of aryl methyl sites for hydroxylation is 2. The lowest BCUT2D eigenvalue weighted by Crippen LogP contribution is -2.52. The van der Waals surface area contributed by atoms with E-state index in [9.17, 15) is 4.79 Å². The summed E-state index contributed by atoms with van der Waals surface area (Å²) >= 11 is 0. The summed E-state index contributed by atoms with van der Waals surface area (Å²) in [6.45, 7) is 4.13. The summed E-state index contributed by atoms with van der Waals surface area (Å²) in [4.78, 5) is 14.2. The highest BCUT2D eigenvalue weighted by Crippen LogP contribution is 2.41. The molecule has 7 nitrogen and oxygen atoms in total. The number of benzene rings is 1. The van der Waals surface area contributed by atoms with Crippen molar-refractivity contribution < 1.29 is 4.79 Å². The van der Waals surface area contributed by atoms with Crippen molar-refractivity contribution in [2.24, 2.45) is 0 Å². The van der Waals surface area contributed by atoms with E-state index in [1.54, 1.807) is 16.6 Å². The zero-order chi connectivity index (χ0) is 18.0. The third kappa shape index (κ3) is 2.99. The summed E-state index contributed by atoms with van der Waals surface area (Å²) in [6, 6.07) is 6.11. The van der Waals surface area contributed by atoms with Crippen LogP contribution in [0.15, 0.2) is 18.2 Å². The Morgan fingerprint density at radius 3 is 2.60 bits per heavy atom. The zero-order valence-corrected chi connectivity index (χ0v) is 15.4. The van der Waals surface area contributed by atoms with Crippen molar-refractivity contribution in [2.45, 2.75) is 51.5 Å². The van der Waals surface area contributed by atoms with E-state index in [2.05, 4.69) is 46.8 Å². The van der Waals surface area contributed by atoms with Crippen molar-refractivity contribution in [3.63, 3.8) is 0 Å². The molecule has 1 saturated carbocycles. The Kier molecular flexibility index (Phi) is 4.74. The quantitative estimate of drug-likeness (QED) is 0.930. The number of hydrogen-bond donors (Lipinski definition) is 1. The molecule has 3 rings (SSSR count). The largest absolute Gasteiger partial charge is 0.341 e. The van der Waals surface area contributed by atoms with E-state index in [0.717, 1.165) is 42.8 Å². The number of carbonyl (C=O) groups is 1. The van der Waals surface area contributed by atoms with E-state index in [-0.39, 0.29) is 6.03 Å². The maximum atomic E-state index is 12.4. The van der Waals surface area contributed by atoms with Crippen molar-refractivity contribution in [3.8, 4) is 5.69 Å². The molecule has 134 valence electrons. The van der Waals surface area contributed by atoms with E-state index in [1.165, 1.54) is 12.0 Å². The van der Waals surface area contributed by atoms with Gasteiger partial charge < -0.3 is 10.2 Å². The fourth-order valence-corrected chi connectivity index (χ4v) is 3.89. The van der Waals surface area contributed by atoms with Crippen molar-refractivity contribution in [2.75, 3.05) is 14.1 Å². The molecule has 1 aliphatic rings. The van der Waals surface area contributed by atoms with Crippen LogP contribution in [0.25, 0.3) is 5.69 Å². The van der Waals surface area contributed by atoms with Gasteiger partial charge in [0.1, 0.15) is 5.54 Å². The zero-order valence-electron chi connectivity index (χ0n) is 15.4. The first-order valence-electron chi connectivity index (χ1n) is 8.81. The summed E-state index contributed by atoms with van der Waals surface area (Å²) < 4.78 is 1.81. The normalized spacial score (nSPS) is 16.5. The number of urea groups is 1. The summed E-state index contributed by atoms with van der Waals surface area (Å²) in [7, 11) is 3.49. The fourth-order valence-electron chi connectivity index (χ4n) is 3.89. The Morgan fingerprint density at radius 2 is 1.96 bits per heavy atom. The van der Waals surface area contributed by atoms with Crippen LogP contribution in [0.2, 0.25) is 0 Å². The molecule has 1 aromatic carbocycles. The molecule has 1 heterocycles. The first-order valence-corrected chi connectivity index (χ1v) is 8.81. The van der Waals surface area contributed by atoms with Crippen LogP contribution in [0.3, 0.4) is 0 Å². The molecule has 7 heteroatoms. The summed E-state index contributed by atoms with van der Waals surface area (Å²) in [5.41, 5.74) is 2.79. The molecule has 2 amide bonds. The third-order valence-electron chi connectivity index (χ3n) is 5.31. The molecule has 1 N–H and O–H groups in total. The highest BCUT2D eigenvalue weighted by atomic mass is 16.2. The van der Waals surface area contributed by atoms with Gasteiger partial charge in [-0.2, -0.15) is 4.68 Å². The van der Waals surface area contributed by atoms with Gasteiger partial charge in [0.25, 0.3) is 0 Å². The van der Waals surface area contributed by atoms with E-state index in [1.807, 2.05) is 13.1 Å². The summed E-state index contributed by atoms with van der Waals surface area (Å²) in [5.74, 6) is 0.741. The van der Waals surface area contributed by atoms with Crippen molar-refractivity contribution in [3.05, 3.63) is 35.2 Å². The Morgan fingerprint density at radius 1 is 1.24 bits per heavy atom. The lowest BCUT2D eigenvalue weighted by atomic mass is 9.79. The number of nitrogens with one attached hydrogen (secondary N) is 1. The van der Waals surface area contributed by atoms with Crippen molar-refractivity contribution >= 4 is 6.03 Å². The molecular weight excluding hydrogens is 316 g/mol. The van der Waals surface area contributed by atoms with Crippen LogP contribution in [0.5, 0.6) is 0 Å². The van der Waals surface area contributed by atoms with E-state index >= 15 is 0 Å². The van der Waals surface area contributed by atoms with Gasteiger partial charge in [-0.15, -0.1) is 5.10 Å². The average molecular weight is 342 g/mol. The van der Waals surface area contributed by atoms with Crippen molar-refractivity contribution in [1.29, 1.82) is 0 Å². The maximum Gasteiger partial charge on any atom is 0.317 e. The van der Waals surface area contributed by atoms with E-state index in [0.29, 0.717) is 0 Å². The topological polar surface area (TPSA) is 75.9 Å². The molecule has 0 atom stereocenters. The molecule has 25 heavy (non-hydrogen) atoms. The minimum atomic E-state index is -0.487. The molecule has 0 unspecified atom stereocenters. The number of nitrogens with zero attached hydrogens (tertiary/aromatic N) is 5.